The number of hydrogen-bond donors (Lipinski definition) is 3. The number of guanidine groups is 1. The maximum Gasteiger partial charge on any atom is 0.257 e. The molecule has 1 unspecified atom stereocenters. The number of hydrogen-bond acceptors (Lipinski definition) is 4. The van der Waals surface area contributed by atoms with Gasteiger partial charge in [-0.3, -0.25) is 9.98 Å². The molecule has 0 aliphatic heterocycles. The summed E-state index contributed by atoms with van der Waals surface area (Å²) in [6.07, 6.45) is 13.3. The van der Waals surface area contributed by atoms with Crippen molar-refractivity contribution < 1.29 is 4.74 Å². The zero-order chi connectivity index (χ0) is 19.1. The van der Waals surface area contributed by atoms with Gasteiger partial charge in [-0.1, -0.05) is 30.4 Å². The van der Waals surface area contributed by atoms with Crippen LogP contribution in [0, 0.1) is 0 Å². The molecule has 0 radical (unpaired) electrons. The molecule has 0 saturated heterocycles. The minimum absolute atomic E-state index is 0.0514. The van der Waals surface area contributed by atoms with Crippen LogP contribution in [0.15, 0.2) is 57.7 Å². The van der Waals surface area contributed by atoms with Crippen LogP contribution in [0.1, 0.15) is 27.7 Å². The first-order chi connectivity index (χ1) is 11.9. The molecule has 0 aliphatic rings. The van der Waals surface area contributed by atoms with Crippen molar-refractivity contribution in [3.63, 3.8) is 0 Å². The first-order valence-electron chi connectivity index (χ1n) is 8.11. The van der Waals surface area contributed by atoms with E-state index in [1.54, 1.807) is 6.21 Å². The van der Waals surface area contributed by atoms with Crippen molar-refractivity contribution in [1.82, 2.24) is 5.32 Å². The van der Waals surface area contributed by atoms with E-state index in [9.17, 15) is 0 Å². The quantitative estimate of drug-likeness (QED) is 0.192. The number of rotatable bonds is 9. The molecule has 0 spiro atoms. The average Bonchev–Trinajstić information content (AvgIpc) is 2.55. The van der Waals surface area contributed by atoms with E-state index >= 15 is 0 Å². The highest BCUT2D eigenvalue weighted by Gasteiger charge is 2.03. The van der Waals surface area contributed by atoms with Crippen LogP contribution in [-0.2, 0) is 4.74 Å². The van der Waals surface area contributed by atoms with Gasteiger partial charge < -0.3 is 21.5 Å². The molecule has 5 N–H and O–H groups in total. The van der Waals surface area contributed by atoms with E-state index in [4.69, 9.17) is 28.4 Å². The minimum atomic E-state index is -0.277. The smallest absolute Gasteiger partial charge is 0.257 e. The van der Waals surface area contributed by atoms with Gasteiger partial charge in [-0.25, -0.2) is 0 Å². The second-order valence-corrected chi connectivity index (χ2v) is 5.33. The van der Waals surface area contributed by atoms with E-state index in [0.29, 0.717) is 13.1 Å². The van der Waals surface area contributed by atoms with Crippen LogP contribution in [0.2, 0.25) is 0 Å². The second-order valence-electron chi connectivity index (χ2n) is 4.96. The Morgan fingerprint density at radius 1 is 1.12 bits per heavy atom. The van der Waals surface area contributed by atoms with E-state index in [0.717, 1.165) is 11.3 Å². The van der Waals surface area contributed by atoms with Gasteiger partial charge in [-0.2, -0.15) is 0 Å². The third kappa shape index (κ3) is 11.7. The van der Waals surface area contributed by atoms with Crippen molar-refractivity contribution in [3.05, 3.63) is 47.7 Å². The van der Waals surface area contributed by atoms with Gasteiger partial charge in [0.15, 0.2) is 5.96 Å². The number of nitrogens with zero attached hydrogens (tertiary/aromatic N) is 2. The van der Waals surface area contributed by atoms with Gasteiger partial charge in [0.1, 0.15) is 6.10 Å². The number of ether oxygens (including phenoxy) is 1. The Morgan fingerprint density at radius 2 is 1.72 bits per heavy atom. The summed E-state index contributed by atoms with van der Waals surface area (Å²) in [4.78, 5) is 8.37. The Kier molecular flexibility index (Phi) is 12.6. The van der Waals surface area contributed by atoms with Gasteiger partial charge in [0.25, 0.3) is 5.17 Å². The van der Waals surface area contributed by atoms with E-state index < -0.39 is 0 Å². The molecular weight excluding hydrogens is 334 g/mol. The van der Waals surface area contributed by atoms with Crippen LogP contribution in [0.4, 0.5) is 0 Å². The Hall–Kier alpha value is -2.41. The number of thiocarbonyl (C=S) groups is 1. The first kappa shape index (κ1) is 22.6. The Balaban J connectivity index is 4.81. The molecule has 0 fully saturated rings. The Bertz CT molecular complexity index is 570. The molecule has 138 valence electrons. The summed E-state index contributed by atoms with van der Waals surface area (Å²) in [5, 5.41) is 3.21. The molecule has 7 heteroatoms. The number of nitrogens with two attached hydrogens (primary N) is 2. The molecule has 0 aromatic heterocycles. The van der Waals surface area contributed by atoms with Crippen LogP contribution in [-0.4, -0.2) is 36.5 Å². The molecule has 1 atom stereocenters. The minimum Gasteiger partial charge on any atom is -0.462 e. The number of nitrogens with one attached hydrogen (secondary N) is 1. The lowest BCUT2D eigenvalue weighted by Gasteiger charge is -2.12. The maximum absolute atomic E-state index is 5.56. The maximum atomic E-state index is 5.56. The van der Waals surface area contributed by atoms with Crippen molar-refractivity contribution in [1.29, 1.82) is 0 Å². The molecule has 25 heavy (non-hydrogen) atoms. The van der Waals surface area contributed by atoms with Crippen molar-refractivity contribution in [2.75, 3.05) is 13.1 Å². The summed E-state index contributed by atoms with van der Waals surface area (Å²) >= 11 is 5.12. The predicted octanol–water partition coefficient (Wildman–Crippen LogP) is 2.59. The predicted molar refractivity (Wildman–Crippen MR) is 112 cm³/mol. The van der Waals surface area contributed by atoms with Gasteiger partial charge in [0.05, 0.1) is 12.2 Å². The SMILES string of the molecule is C/C=C\C(/C=C\C)=C(/C=C\C)N=CC(C)OC(=S)NCCN=C(N)N. The Labute approximate surface area is 156 Å². The van der Waals surface area contributed by atoms with E-state index in [2.05, 4.69) is 15.3 Å². The first-order valence-corrected chi connectivity index (χ1v) is 8.51. The van der Waals surface area contributed by atoms with E-state index in [1.807, 2.05) is 64.2 Å². The fourth-order valence-electron chi connectivity index (χ4n) is 1.73. The molecule has 0 saturated carbocycles. The van der Waals surface area contributed by atoms with Crippen LogP contribution in [0.25, 0.3) is 0 Å². The zero-order valence-corrected chi connectivity index (χ0v) is 16.2. The summed E-state index contributed by atoms with van der Waals surface area (Å²) in [6.45, 7) is 8.69. The molecule has 0 bridgehead atoms. The summed E-state index contributed by atoms with van der Waals surface area (Å²) in [6, 6.07) is 0. The normalized spacial score (nSPS) is 12.8. The van der Waals surface area contributed by atoms with E-state index in [-0.39, 0.29) is 17.2 Å². The summed E-state index contributed by atoms with van der Waals surface area (Å²) in [5.74, 6) is 0.0514. The molecule has 6 nitrogen and oxygen atoms in total. The van der Waals surface area contributed by atoms with Crippen LogP contribution >= 0.6 is 12.2 Å². The van der Waals surface area contributed by atoms with Crippen molar-refractivity contribution in [3.8, 4) is 0 Å². The summed E-state index contributed by atoms with van der Waals surface area (Å²) < 4.78 is 5.56. The lowest BCUT2D eigenvalue weighted by molar-refractivity contribution is 0.273. The molecular formula is C18H29N5OS. The molecule has 0 heterocycles. The summed E-state index contributed by atoms with van der Waals surface area (Å²) in [5.41, 5.74) is 12.4. The molecule has 0 rings (SSSR count). The number of aliphatic imine (C=N–C) groups is 2. The standard InChI is InChI=1S/C18H29N5OS/c1-5-8-15(9-6-2)16(10-7-3)23-13-14(4)24-18(25)22-12-11-21-17(19)20/h5-10,13-14H,11-12H2,1-4H3,(H,22,25)(H4,19,20,21)/b8-5-,9-6-,10-7-,23-13?. The third-order valence-electron chi connectivity index (χ3n) is 2.70. The zero-order valence-electron chi connectivity index (χ0n) is 15.4. The summed E-state index contributed by atoms with van der Waals surface area (Å²) in [7, 11) is 0. The third-order valence-corrected chi connectivity index (χ3v) is 2.95. The van der Waals surface area contributed by atoms with Crippen LogP contribution in [0.3, 0.4) is 0 Å². The molecule has 0 aliphatic carbocycles. The van der Waals surface area contributed by atoms with E-state index in [1.165, 1.54) is 0 Å². The Morgan fingerprint density at radius 3 is 2.24 bits per heavy atom. The molecule has 0 aromatic rings. The molecule has 0 amide bonds. The van der Waals surface area contributed by atoms with Crippen molar-refractivity contribution in [2.24, 2.45) is 21.5 Å². The topological polar surface area (TPSA) is 98.0 Å². The highest BCUT2D eigenvalue weighted by Crippen LogP contribution is 2.12. The largest absolute Gasteiger partial charge is 0.462 e. The van der Waals surface area contributed by atoms with Crippen molar-refractivity contribution in [2.45, 2.75) is 33.8 Å². The van der Waals surface area contributed by atoms with Gasteiger partial charge in [0.2, 0.25) is 0 Å². The van der Waals surface area contributed by atoms with Crippen molar-refractivity contribution >= 4 is 29.6 Å². The lowest BCUT2D eigenvalue weighted by Crippen LogP contribution is -2.31. The fourth-order valence-corrected chi connectivity index (χ4v) is 1.98. The highest BCUT2D eigenvalue weighted by molar-refractivity contribution is 7.80. The fraction of sp³-hybridized carbons (Fsp3) is 0.389. The second kappa shape index (κ2) is 14.0. The average molecular weight is 364 g/mol. The van der Waals surface area contributed by atoms with Gasteiger partial charge >= 0.3 is 0 Å². The molecule has 0 aromatic carbocycles. The number of allylic oxidation sites excluding steroid dienone is 7. The van der Waals surface area contributed by atoms with Crippen LogP contribution < -0.4 is 16.8 Å². The van der Waals surface area contributed by atoms with Crippen LogP contribution in [0.5, 0.6) is 0 Å². The van der Waals surface area contributed by atoms with Gasteiger partial charge in [-0.15, -0.1) is 0 Å². The lowest BCUT2D eigenvalue weighted by atomic mass is 10.1. The monoisotopic (exact) mass is 363 g/mol. The highest BCUT2D eigenvalue weighted by atomic mass is 32.1. The van der Waals surface area contributed by atoms with Gasteiger partial charge in [0, 0.05) is 12.8 Å². The van der Waals surface area contributed by atoms with Gasteiger partial charge in [-0.05, 0) is 51.6 Å².